The quantitative estimate of drug-likeness (QED) is 0.584. The van der Waals surface area contributed by atoms with Gasteiger partial charge in [-0.1, -0.05) is 6.92 Å². The summed E-state index contributed by atoms with van der Waals surface area (Å²) in [5.41, 5.74) is 0. The number of hydrogen-bond donors (Lipinski definition) is 2. The van der Waals surface area contributed by atoms with Gasteiger partial charge in [0.25, 0.3) is 0 Å². The maximum Gasteiger partial charge on any atom is 0.233 e. The Balaban J connectivity index is 1.87. The molecule has 2 N–H and O–H groups in total. The first kappa shape index (κ1) is 17.4. The summed E-state index contributed by atoms with van der Waals surface area (Å²) in [6.07, 6.45) is 4.91. The fourth-order valence-corrected chi connectivity index (χ4v) is 2.41. The molecule has 1 fully saturated rings. The summed E-state index contributed by atoms with van der Waals surface area (Å²) in [7, 11) is 1.66. The number of likely N-dealkylation sites (tertiary alicyclic amines) is 1. The van der Waals surface area contributed by atoms with Gasteiger partial charge in [0, 0.05) is 20.2 Å². The van der Waals surface area contributed by atoms with Crippen molar-refractivity contribution < 1.29 is 9.53 Å². The SMILES string of the molecule is COCCNCC(=O)NCCCCN1CCC(C)CC1. The minimum Gasteiger partial charge on any atom is -0.383 e. The van der Waals surface area contributed by atoms with Crippen LogP contribution in [0.1, 0.15) is 32.6 Å². The Bertz CT molecular complexity index is 254. The zero-order chi connectivity index (χ0) is 14.6. The number of unbranched alkanes of at least 4 members (excludes halogenated alkanes) is 1. The summed E-state index contributed by atoms with van der Waals surface area (Å²) in [5, 5.41) is 5.98. The van der Waals surface area contributed by atoms with E-state index in [2.05, 4.69) is 22.5 Å². The van der Waals surface area contributed by atoms with Crippen molar-refractivity contribution in [3.63, 3.8) is 0 Å². The predicted octanol–water partition coefficient (Wildman–Crippen LogP) is 0.851. The van der Waals surface area contributed by atoms with Crippen molar-refractivity contribution in [2.45, 2.75) is 32.6 Å². The van der Waals surface area contributed by atoms with Crippen LogP contribution in [0.2, 0.25) is 0 Å². The van der Waals surface area contributed by atoms with Crippen molar-refractivity contribution in [1.82, 2.24) is 15.5 Å². The average molecular weight is 285 g/mol. The number of amides is 1. The maximum absolute atomic E-state index is 11.5. The topological polar surface area (TPSA) is 53.6 Å². The van der Waals surface area contributed by atoms with Crippen molar-refractivity contribution in [3.05, 3.63) is 0 Å². The van der Waals surface area contributed by atoms with E-state index in [1.54, 1.807) is 7.11 Å². The van der Waals surface area contributed by atoms with Gasteiger partial charge in [0.05, 0.1) is 13.2 Å². The van der Waals surface area contributed by atoms with E-state index in [0.717, 1.165) is 25.4 Å². The lowest BCUT2D eigenvalue weighted by atomic mass is 9.99. The van der Waals surface area contributed by atoms with Crippen molar-refractivity contribution in [1.29, 1.82) is 0 Å². The molecule has 20 heavy (non-hydrogen) atoms. The number of hydrogen-bond acceptors (Lipinski definition) is 4. The van der Waals surface area contributed by atoms with Crippen LogP contribution < -0.4 is 10.6 Å². The van der Waals surface area contributed by atoms with Gasteiger partial charge in [-0.25, -0.2) is 0 Å². The normalized spacial score (nSPS) is 17.3. The number of methoxy groups -OCH3 is 1. The van der Waals surface area contributed by atoms with Crippen LogP contribution in [0.4, 0.5) is 0 Å². The molecule has 0 aromatic heterocycles. The maximum atomic E-state index is 11.5. The van der Waals surface area contributed by atoms with Crippen molar-refractivity contribution >= 4 is 5.91 Å². The molecule has 5 heteroatoms. The van der Waals surface area contributed by atoms with Crippen LogP contribution in [0.15, 0.2) is 0 Å². The van der Waals surface area contributed by atoms with Gasteiger partial charge < -0.3 is 20.3 Å². The highest BCUT2D eigenvalue weighted by atomic mass is 16.5. The Labute approximate surface area is 123 Å². The Hall–Kier alpha value is -0.650. The third kappa shape index (κ3) is 8.51. The zero-order valence-corrected chi connectivity index (χ0v) is 13.1. The highest BCUT2D eigenvalue weighted by molar-refractivity contribution is 5.77. The van der Waals surface area contributed by atoms with Gasteiger partial charge in [-0.15, -0.1) is 0 Å². The van der Waals surface area contributed by atoms with Crippen LogP contribution in [0, 0.1) is 5.92 Å². The van der Waals surface area contributed by atoms with E-state index in [0.29, 0.717) is 13.2 Å². The van der Waals surface area contributed by atoms with Gasteiger partial charge in [0.2, 0.25) is 5.91 Å². The fourth-order valence-electron chi connectivity index (χ4n) is 2.41. The summed E-state index contributed by atoms with van der Waals surface area (Å²) >= 11 is 0. The van der Waals surface area contributed by atoms with E-state index in [-0.39, 0.29) is 5.91 Å². The van der Waals surface area contributed by atoms with Crippen molar-refractivity contribution in [3.8, 4) is 0 Å². The number of nitrogens with one attached hydrogen (secondary N) is 2. The highest BCUT2D eigenvalue weighted by Crippen LogP contribution is 2.15. The molecule has 1 aliphatic rings. The Morgan fingerprint density at radius 3 is 2.70 bits per heavy atom. The molecule has 1 amide bonds. The van der Waals surface area contributed by atoms with Gasteiger partial charge in [-0.3, -0.25) is 4.79 Å². The molecule has 0 radical (unpaired) electrons. The minimum absolute atomic E-state index is 0.0768. The molecule has 0 aromatic rings. The van der Waals surface area contributed by atoms with Crippen LogP contribution >= 0.6 is 0 Å². The third-order valence-corrected chi connectivity index (χ3v) is 3.87. The minimum atomic E-state index is 0.0768. The Kier molecular flexibility index (Phi) is 9.62. The summed E-state index contributed by atoms with van der Waals surface area (Å²) in [5.74, 6) is 0.976. The fraction of sp³-hybridized carbons (Fsp3) is 0.933. The summed E-state index contributed by atoms with van der Waals surface area (Å²) in [4.78, 5) is 14.0. The first-order chi connectivity index (χ1) is 9.72. The molecule has 0 aliphatic carbocycles. The molecule has 1 rings (SSSR count). The van der Waals surface area contributed by atoms with E-state index in [1.165, 1.54) is 38.9 Å². The average Bonchev–Trinajstić information content (AvgIpc) is 2.45. The molecule has 1 heterocycles. The number of carbonyl (C=O) groups excluding carboxylic acids is 1. The standard InChI is InChI=1S/C15H31N3O2/c1-14-5-10-18(11-6-14)9-4-3-7-17-15(19)13-16-8-12-20-2/h14,16H,3-13H2,1-2H3,(H,17,19). The van der Waals surface area contributed by atoms with Crippen molar-refractivity contribution in [2.75, 3.05) is 53.0 Å². The molecular weight excluding hydrogens is 254 g/mol. The summed E-state index contributed by atoms with van der Waals surface area (Å²) in [6, 6.07) is 0. The number of rotatable bonds is 10. The highest BCUT2D eigenvalue weighted by Gasteiger charge is 2.14. The van der Waals surface area contributed by atoms with E-state index in [4.69, 9.17) is 4.74 Å². The second-order valence-corrected chi connectivity index (χ2v) is 5.75. The molecule has 5 nitrogen and oxygen atoms in total. The number of carbonyl (C=O) groups is 1. The molecule has 0 saturated carbocycles. The summed E-state index contributed by atoms with van der Waals surface area (Å²) < 4.78 is 4.90. The summed E-state index contributed by atoms with van der Waals surface area (Å²) in [6.45, 7) is 8.54. The molecule has 0 atom stereocenters. The van der Waals surface area contributed by atoms with Gasteiger partial charge in [0.15, 0.2) is 0 Å². The van der Waals surface area contributed by atoms with Gasteiger partial charge in [0.1, 0.15) is 0 Å². The van der Waals surface area contributed by atoms with E-state index >= 15 is 0 Å². The first-order valence-electron chi connectivity index (χ1n) is 7.91. The Morgan fingerprint density at radius 2 is 2.00 bits per heavy atom. The molecule has 0 unspecified atom stereocenters. The van der Waals surface area contributed by atoms with Crippen LogP contribution in [0.3, 0.4) is 0 Å². The molecule has 1 saturated heterocycles. The molecule has 0 bridgehead atoms. The van der Waals surface area contributed by atoms with E-state index < -0.39 is 0 Å². The molecule has 118 valence electrons. The van der Waals surface area contributed by atoms with Crippen molar-refractivity contribution in [2.24, 2.45) is 5.92 Å². The monoisotopic (exact) mass is 285 g/mol. The van der Waals surface area contributed by atoms with Gasteiger partial charge in [-0.05, 0) is 51.2 Å². The third-order valence-electron chi connectivity index (χ3n) is 3.87. The lowest BCUT2D eigenvalue weighted by molar-refractivity contribution is -0.120. The van der Waals surface area contributed by atoms with Gasteiger partial charge >= 0.3 is 0 Å². The second kappa shape index (κ2) is 11.1. The van der Waals surface area contributed by atoms with Crippen LogP contribution in [-0.2, 0) is 9.53 Å². The molecule has 0 spiro atoms. The molecule has 1 aliphatic heterocycles. The molecular formula is C15H31N3O2. The second-order valence-electron chi connectivity index (χ2n) is 5.75. The largest absolute Gasteiger partial charge is 0.383 e. The number of piperidine rings is 1. The predicted molar refractivity (Wildman–Crippen MR) is 81.8 cm³/mol. The van der Waals surface area contributed by atoms with Crippen LogP contribution in [-0.4, -0.2) is 63.8 Å². The lowest BCUT2D eigenvalue weighted by Crippen LogP contribution is -2.36. The van der Waals surface area contributed by atoms with Gasteiger partial charge in [-0.2, -0.15) is 0 Å². The molecule has 0 aromatic carbocycles. The van der Waals surface area contributed by atoms with Crippen LogP contribution in [0.5, 0.6) is 0 Å². The smallest absolute Gasteiger partial charge is 0.233 e. The lowest BCUT2D eigenvalue weighted by Gasteiger charge is -2.30. The Morgan fingerprint density at radius 1 is 1.25 bits per heavy atom. The first-order valence-corrected chi connectivity index (χ1v) is 7.91. The van der Waals surface area contributed by atoms with E-state index in [1.807, 2.05) is 0 Å². The van der Waals surface area contributed by atoms with E-state index in [9.17, 15) is 4.79 Å². The zero-order valence-electron chi connectivity index (χ0n) is 13.1. The number of ether oxygens (including phenoxy) is 1. The van der Waals surface area contributed by atoms with Crippen LogP contribution in [0.25, 0.3) is 0 Å². The number of nitrogens with zero attached hydrogens (tertiary/aromatic N) is 1.